The quantitative estimate of drug-likeness (QED) is 0.181. The summed E-state index contributed by atoms with van der Waals surface area (Å²) in [7, 11) is 2.46. The van der Waals surface area contributed by atoms with Crippen molar-refractivity contribution in [2.24, 2.45) is 0 Å². The number of fused-ring (bicyclic) bond motifs is 12. The summed E-state index contributed by atoms with van der Waals surface area (Å²) in [5.41, 5.74) is 16.7. The lowest BCUT2D eigenvalue weighted by molar-refractivity contribution is 0.590. The molecule has 1 aliphatic heterocycles. The third kappa shape index (κ3) is 5.61. The van der Waals surface area contributed by atoms with Gasteiger partial charge in [0.05, 0.1) is 5.52 Å². The molecule has 1 radical (unpaired) electrons. The Hall–Kier alpha value is -5.78. The molecule has 10 aromatic rings. The number of thiophene rings is 1. The van der Waals surface area contributed by atoms with Gasteiger partial charge in [-0.1, -0.05) is 135 Å². The number of anilines is 2. The van der Waals surface area contributed by atoms with Crippen molar-refractivity contribution in [1.29, 1.82) is 0 Å². The first kappa shape index (κ1) is 36.3. The second-order valence-electron chi connectivity index (χ2n) is 19.8. The van der Waals surface area contributed by atoms with Crippen molar-refractivity contribution in [2.45, 2.75) is 78.6 Å². The first-order valence-electron chi connectivity index (χ1n) is 20.9. The highest BCUT2D eigenvalue weighted by atomic mass is 32.1. The normalized spacial score (nSPS) is 13.3. The monoisotopic (exact) mass is 783 g/mol. The van der Waals surface area contributed by atoms with Gasteiger partial charge in [0, 0.05) is 69.9 Å². The molecule has 5 heteroatoms. The second-order valence-corrected chi connectivity index (χ2v) is 20.9. The van der Waals surface area contributed by atoms with Crippen LogP contribution in [0.5, 0.6) is 0 Å². The van der Waals surface area contributed by atoms with E-state index in [9.17, 15) is 0 Å². The molecule has 3 aromatic heterocycles. The van der Waals surface area contributed by atoms with Gasteiger partial charge in [0.15, 0.2) is 7.28 Å². The minimum atomic E-state index is 0.0112. The Labute approximate surface area is 350 Å². The Balaban J connectivity index is 1.21. The summed E-state index contributed by atoms with van der Waals surface area (Å²) in [5, 5.41) is 11.3. The van der Waals surface area contributed by atoms with Crippen LogP contribution in [0.3, 0.4) is 0 Å². The predicted octanol–water partition coefficient (Wildman–Crippen LogP) is 14.3. The lowest BCUT2D eigenvalue weighted by Crippen LogP contribution is -2.38. The van der Waals surface area contributed by atoms with Crippen molar-refractivity contribution in [2.75, 3.05) is 5.32 Å². The van der Waals surface area contributed by atoms with Crippen molar-refractivity contribution < 1.29 is 4.42 Å². The molecule has 59 heavy (non-hydrogen) atoms. The number of para-hydroxylation sites is 1. The maximum atomic E-state index is 6.48. The summed E-state index contributed by atoms with van der Waals surface area (Å²) in [5.74, 6) is 0. The maximum Gasteiger partial charge on any atom is 0.197 e. The van der Waals surface area contributed by atoms with Crippen LogP contribution < -0.4 is 16.2 Å². The molecule has 0 aliphatic carbocycles. The standard InChI is InChI=1S/C54H48BN2OS/c1-52(2,3)30-14-18-33(19-15-30)56-41-28-39-34-20-16-32(54(7,8)9)27-46(34)59-47(39)29-38(41)35-21-22-37-48-43(24-25-45-49(48)36-12-10-11-13-44(36)58-45)57-42-23-17-31(53(4,5)6)26-40(42)55-50(35)51(37)57/h10-29,56H,1-9H3. The molecule has 4 heterocycles. The molecule has 0 spiro atoms. The molecular weight excluding hydrogens is 735 g/mol. The number of furan rings is 1. The molecule has 3 nitrogen and oxygen atoms in total. The van der Waals surface area contributed by atoms with Crippen molar-refractivity contribution >= 4 is 105 Å². The van der Waals surface area contributed by atoms with Crippen LogP contribution in [-0.4, -0.2) is 11.8 Å². The van der Waals surface area contributed by atoms with Gasteiger partial charge in [0.1, 0.15) is 11.2 Å². The summed E-state index contributed by atoms with van der Waals surface area (Å²) in [4.78, 5) is 0. The van der Waals surface area contributed by atoms with E-state index >= 15 is 0 Å². The first-order valence-corrected chi connectivity index (χ1v) is 21.7. The molecule has 7 aromatic carbocycles. The van der Waals surface area contributed by atoms with E-state index in [1.807, 2.05) is 11.3 Å². The van der Waals surface area contributed by atoms with E-state index in [1.54, 1.807) is 0 Å². The van der Waals surface area contributed by atoms with E-state index in [-0.39, 0.29) is 16.2 Å². The van der Waals surface area contributed by atoms with E-state index in [0.717, 1.165) is 27.9 Å². The third-order valence-corrected chi connectivity index (χ3v) is 13.8. The topological polar surface area (TPSA) is 30.1 Å². The van der Waals surface area contributed by atoms with Gasteiger partial charge in [-0.2, -0.15) is 0 Å². The Morgan fingerprint density at radius 1 is 0.542 bits per heavy atom. The molecule has 0 bridgehead atoms. The van der Waals surface area contributed by atoms with Crippen LogP contribution in [0.1, 0.15) is 79.0 Å². The van der Waals surface area contributed by atoms with Gasteiger partial charge >= 0.3 is 0 Å². The Morgan fingerprint density at radius 3 is 1.98 bits per heavy atom. The fourth-order valence-electron chi connectivity index (χ4n) is 9.39. The number of hydrogen-bond acceptors (Lipinski definition) is 3. The van der Waals surface area contributed by atoms with E-state index < -0.39 is 0 Å². The fraction of sp³-hybridized carbons (Fsp3) is 0.222. The van der Waals surface area contributed by atoms with Gasteiger partial charge in [-0.15, -0.1) is 11.3 Å². The molecule has 0 saturated heterocycles. The Bertz CT molecular complexity index is 3370. The van der Waals surface area contributed by atoms with E-state index in [2.05, 4.69) is 201 Å². The molecule has 0 amide bonds. The number of nitrogens with zero attached hydrogens (tertiary/aromatic N) is 1. The van der Waals surface area contributed by atoms with E-state index in [1.165, 1.54) is 91.8 Å². The van der Waals surface area contributed by atoms with Gasteiger partial charge in [-0.25, -0.2) is 0 Å². The highest BCUT2D eigenvalue weighted by Gasteiger charge is 2.30. The van der Waals surface area contributed by atoms with Crippen LogP contribution in [0, 0.1) is 0 Å². The SMILES string of the molecule is CC(C)(C)c1ccc(Nc2cc3c(cc2-c2ccc4c5c6c(ccc5n5c4c2[B]c2cc(C(C)(C)C)ccc2-5)oc2ccccc26)sc2cc(C(C)(C)C)ccc23)cc1. The van der Waals surface area contributed by atoms with Crippen molar-refractivity contribution in [1.82, 2.24) is 4.57 Å². The summed E-state index contributed by atoms with van der Waals surface area (Å²) < 4.78 is 11.6. The molecule has 0 atom stereocenters. The number of rotatable bonds is 3. The minimum Gasteiger partial charge on any atom is -0.456 e. The van der Waals surface area contributed by atoms with Crippen LogP contribution >= 0.6 is 11.3 Å². The number of hydrogen-bond donors (Lipinski definition) is 1. The minimum absolute atomic E-state index is 0.0112. The predicted molar refractivity (Wildman–Crippen MR) is 257 cm³/mol. The van der Waals surface area contributed by atoms with Crippen LogP contribution in [0.15, 0.2) is 126 Å². The molecular formula is C54H48BN2OS. The molecule has 0 unspecified atom stereocenters. The van der Waals surface area contributed by atoms with Crippen LogP contribution in [-0.2, 0) is 16.2 Å². The van der Waals surface area contributed by atoms with Crippen molar-refractivity contribution in [3.8, 4) is 16.8 Å². The summed E-state index contributed by atoms with van der Waals surface area (Å²) >= 11 is 1.90. The summed E-state index contributed by atoms with van der Waals surface area (Å²) in [6.07, 6.45) is 0. The molecule has 1 N–H and O–H groups in total. The Kier molecular flexibility index (Phi) is 7.62. The molecule has 289 valence electrons. The largest absolute Gasteiger partial charge is 0.456 e. The fourth-order valence-corrected chi connectivity index (χ4v) is 10.6. The van der Waals surface area contributed by atoms with E-state index in [0.29, 0.717) is 0 Å². The Morgan fingerprint density at radius 2 is 1.22 bits per heavy atom. The van der Waals surface area contributed by atoms with Gasteiger partial charge < -0.3 is 14.3 Å². The number of benzene rings is 7. The average molecular weight is 784 g/mol. The molecule has 0 saturated carbocycles. The van der Waals surface area contributed by atoms with Gasteiger partial charge in [0.25, 0.3) is 0 Å². The summed E-state index contributed by atoms with van der Waals surface area (Å²) in [6.45, 7) is 20.6. The first-order chi connectivity index (χ1) is 28.1. The zero-order valence-corrected chi connectivity index (χ0v) is 36.2. The number of aromatic nitrogens is 1. The zero-order chi connectivity index (χ0) is 40.7. The van der Waals surface area contributed by atoms with E-state index in [4.69, 9.17) is 4.42 Å². The molecule has 11 rings (SSSR count). The second kappa shape index (κ2) is 12.4. The van der Waals surface area contributed by atoms with Gasteiger partial charge in [-0.05, 0) is 98.6 Å². The smallest absolute Gasteiger partial charge is 0.197 e. The van der Waals surface area contributed by atoms with Crippen molar-refractivity contribution in [3.63, 3.8) is 0 Å². The lowest BCUT2D eigenvalue weighted by Gasteiger charge is -2.27. The van der Waals surface area contributed by atoms with Crippen molar-refractivity contribution in [3.05, 3.63) is 138 Å². The average Bonchev–Trinajstić information content (AvgIpc) is 3.86. The van der Waals surface area contributed by atoms with Crippen LogP contribution in [0.2, 0.25) is 0 Å². The lowest BCUT2D eigenvalue weighted by atomic mass is 9.58. The summed E-state index contributed by atoms with van der Waals surface area (Å²) in [6, 6.07) is 45.6. The maximum absolute atomic E-state index is 6.48. The number of nitrogens with one attached hydrogen (secondary N) is 1. The highest BCUT2D eigenvalue weighted by Crippen LogP contribution is 2.46. The third-order valence-electron chi connectivity index (χ3n) is 12.7. The van der Waals surface area contributed by atoms with Gasteiger partial charge in [-0.3, -0.25) is 0 Å². The molecule has 0 fully saturated rings. The van der Waals surface area contributed by atoms with Crippen LogP contribution in [0.25, 0.3) is 80.7 Å². The highest BCUT2D eigenvalue weighted by molar-refractivity contribution is 7.25. The van der Waals surface area contributed by atoms with Gasteiger partial charge in [0.2, 0.25) is 0 Å². The van der Waals surface area contributed by atoms with Crippen LogP contribution in [0.4, 0.5) is 11.4 Å². The zero-order valence-electron chi connectivity index (χ0n) is 35.4. The molecule has 1 aliphatic rings.